The summed E-state index contributed by atoms with van der Waals surface area (Å²) in [5.41, 5.74) is 7.62. The van der Waals surface area contributed by atoms with E-state index in [2.05, 4.69) is 4.98 Å². The average molecular weight is 285 g/mol. The normalized spacial score (nSPS) is 10.3. The number of benzene rings is 1. The van der Waals surface area contributed by atoms with E-state index < -0.39 is 0 Å². The molecule has 0 spiro atoms. The average Bonchev–Trinajstić information content (AvgIpc) is 2.48. The molecular weight excluding hydrogens is 266 g/mol. The molecule has 0 atom stereocenters. The molecule has 2 aromatic rings. The third kappa shape index (κ3) is 3.72. The van der Waals surface area contributed by atoms with Crippen molar-refractivity contribution in [1.29, 1.82) is 0 Å². The number of nitrogens with one attached hydrogen (secondary N) is 1. The summed E-state index contributed by atoms with van der Waals surface area (Å²) in [6.45, 7) is 3.05. The van der Waals surface area contributed by atoms with Crippen molar-refractivity contribution in [2.24, 2.45) is 0 Å². The fourth-order valence-electron chi connectivity index (χ4n) is 2.17. The molecule has 110 valence electrons. The van der Waals surface area contributed by atoms with Gasteiger partial charge in [-0.2, -0.15) is 0 Å². The fraction of sp³-hybridized carbons (Fsp3) is 0.250. The Labute approximate surface area is 123 Å². The first kappa shape index (κ1) is 14.8. The van der Waals surface area contributed by atoms with Crippen molar-refractivity contribution in [2.45, 2.75) is 19.9 Å². The van der Waals surface area contributed by atoms with Gasteiger partial charge >= 0.3 is 0 Å². The van der Waals surface area contributed by atoms with Crippen molar-refractivity contribution >= 4 is 11.6 Å². The molecule has 0 saturated heterocycles. The predicted molar refractivity (Wildman–Crippen MR) is 82.9 cm³/mol. The van der Waals surface area contributed by atoms with Gasteiger partial charge in [-0.05, 0) is 24.1 Å². The van der Waals surface area contributed by atoms with Crippen LogP contribution < -0.4 is 11.3 Å². The minimum absolute atomic E-state index is 0.161. The summed E-state index contributed by atoms with van der Waals surface area (Å²) in [5, 5.41) is 0. The molecular formula is C16H19N3O2. The highest BCUT2D eigenvalue weighted by Gasteiger charge is 2.16. The number of nitrogens with two attached hydrogens (primary N) is 1. The van der Waals surface area contributed by atoms with E-state index >= 15 is 0 Å². The Kier molecular flexibility index (Phi) is 4.77. The first-order valence-corrected chi connectivity index (χ1v) is 6.93. The van der Waals surface area contributed by atoms with Crippen molar-refractivity contribution in [3.8, 4) is 0 Å². The second kappa shape index (κ2) is 6.74. The number of hydrogen-bond donors (Lipinski definition) is 2. The van der Waals surface area contributed by atoms with Crippen LogP contribution in [0.15, 0.2) is 47.4 Å². The molecule has 1 amide bonds. The maximum absolute atomic E-state index is 12.5. The smallest absolute Gasteiger partial charge is 0.254 e. The molecule has 0 fully saturated rings. The minimum Gasteiger partial charge on any atom is -0.398 e. The summed E-state index contributed by atoms with van der Waals surface area (Å²) in [7, 11) is 0. The number of aromatic nitrogens is 1. The predicted octanol–water partition coefficient (Wildman–Crippen LogP) is 2.01. The lowest BCUT2D eigenvalue weighted by Gasteiger charge is -2.23. The second-order valence-electron chi connectivity index (χ2n) is 4.87. The Morgan fingerprint density at radius 3 is 2.71 bits per heavy atom. The van der Waals surface area contributed by atoms with Gasteiger partial charge in [-0.25, -0.2) is 0 Å². The number of hydrogen-bond acceptors (Lipinski definition) is 3. The molecule has 5 nitrogen and oxygen atoms in total. The molecule has 3 N–H and O–H groups in total. The summed E-state index contributed by atoms with van der Waals surface area (Å²) in [6, 6.07) is 10.4. The molecule has 1 aromatic heterocycles. The SMILES string of the molecule is CCCN(Cc1ccccc1N)C(=O)c1cc[nH]c(=O)c1. The monoisotopic (exact) mass is 285 g/mol. The third-order valence-electron chi connectivity index (χ3n) is 3.22. The van der Waals surface area contributed by atoms with E-state index in [-0.39, 0.29) is 11.5 Å². The number of nitrogens with zero attached hydrogens (tertiary/aromatic N) is 1. The van der Waals surface area contributed by atoms with E-state index in [1.54, 1.807) is 11.0 Å². The number of nitrogen functional groups attached to an aromatic ring is 1. The van der Waals surface area contributed by atoms with Crippen LogP contribution >= 0.6 is 0 Å². The van der Waals surface area contributed by atoms with Gasteiger partial charge in [-0.1, -0.05) is 25.1 Å². The van der Waals surface area contributed by atoms with Gasteiger partial charge in [0.25, 0.3) is 5.91 Å². The van der Waals surface area contributed by atoms with E-state index in [4.69, 9.17) is 5.73 Å². The number of carbonyl (C=O) groups excluding carboxylic acids is 1. The van der Waals surface area contributed by atoms with Crippen LogP contribution in [0, 0.1) is 0 Å². The minimum atomic E-state index is -0.281. The van der Waals surface area contributed by atoms with Crippen LogP contribution in [0.1, 0.15) is 29.3 Å². The number of para-hydroxylation sites is 1. The lowest BCUT2D eigenvalue weighted by Crippen LogP contribution is -2.32. The van der Waals surface area contributed by atoms with Gasteiger partial charge in [0.1, 0.15) is 0 Å². The Balaban J connectivity index is 2.24. The number of anilines is 1. The van der Waals surface area contributed by atoms with Crippen molar-refractivity contribution in [1.82, 2.24) is 9.88 Å². The molecule has 1 heterocycles. The quantitative estimate of drug-likeness (QED) is 0.825. The summed E-state index contributed by atoms with van der Waals surface area (Å²) >= 11 is 0. The lowest BCUT2D eigenvalue weighted by molar-refractivity contribution is 0.0743. The Morgan fingerprint density at radius 2 is 2.05 bits per heavy atom. The largest absolute Gasteiger partial charge is 0.398 e. The second-order valence-corrected chi connectivity index (χ2v) is 4.87. The maximum atomic E-state index is 12.5. The van der Waals surface area contributed by atoms with Gasteiger partial charge in [-0.3, -0.25) is 9.59 Å². The van der Waals surface area contributed by atoms with Crippen LogP contribution in [-0.2, 0) is 6.54 Å². The van der Waals surface area contributed by atoms with E-state index in [0.29, 0.717) is 24.3 Å². The molecule has 0 aliphatic heterocycles. The van der Waals surface area contributed by atoms with Gasteiger partial charge in [0, 0.05) is 36.6 Å². The summed E-state index contributed by atoms with van der Waals surface area (Å²) in [4.78, 5) is 28.1. The third-order valence-corrected chi connectivity index (χ3v) is 3.22. The fourth-order valence-corrected chi connectivity index (χ4v) is 2.17. The molecule has 2 rings (SSSR count). The van der Waals surface area contributed by atoms with Crippen molar-refractivity contribution in [2.75, 3.05) is 12.3 Å². The van der Waals surface area contributed by atoms with Crippen molar-refractivity contribution in [3.63, 3.8) is 0 Å². The first-order chi connectivity index (χ1) is 10.1. The van der Waals surface area contributed by atoms with Crippen molar-refractivity contribution < 1.29 is 4.79 Å². The summed E-state index contributed by atoms with van der Waals surface area (Å²) < 4.78 is 0. The highest BCUT2D eigenvalue weighted by atomic mass is 16.2. The van der Waals surface area contributed by atoms with E-state index in [1.807, 2.05) is 31.2 Å². The molecule has 0 aliphatic carbocycles. The highest BCUT2D eigenvalue weighted by Crippen LogP contribution is 2.15. The molecule has 0 radical (unpaired) electrons. The standard InChI is InChI=1S/C16H19N3O2/c1-2-9-19(11-13-5-3-4-6-14(13)17)16(21)12-7-8-18-15(20)10-12/h3-8,10H,2,9,11,17H2,1H3,(H,18,20). The van der Waals surface area contributed by atoms with Gasteiger partial charge in [0.15, 0.2) is 0 Å². The van der Waals surface area contributed by atoms with E-state index in [9.17, 15) is 9.59 Å². The number of H-pyrrole nitrogens is 1. The highest BCUT2D eigenvalue weighted by molar-refractivity contribution is 5.94. The van der Waals surface area contributed by atoms with Crippen LogP contribution in [0.4, 0.5) is 5.69 Å². The van der Waals surface area contributed by atoms with E-state index in [0.717, 1.165) is 12.0 Å². The number of pyridine rings is 1. The zero-order chi connectivity index (χ0) is 15.2. The summed E-state index contributed by atoms with van der Waals surface area (Å²) in [6.07, 6.45) is 2.32. The van der Waals surface area contributed by atoms with Crippen LogP contribution in [0.25, 0.3) is 0 Å². The number of aromatic amines is 1. The topological polar surface area (TPSA) is 79.2 Å². The van der Waals surface area contributed by atoms with Crippen molar-refractivity contribution in [3.05, 3.63) is 64.1 Å². The van der Waals surface area contributed by atoms with Gasteiger partial charge in [0.2, 0.25) is 5.56 Å². The van der Waals surface area contributed by atoms with Gasteiger partial charge < -0.3 is 15.6 Å². The molecule has 0 aliphatic rings. The summed E-state index contributed by atoms with van der Waals surface area (Å²) in [5.74, 6) is -0.161. The Bertz CT molecular complexity index is 679. The molecule has 21 heavy (non-hydrogen) atoms. The maximum Gasteiger partial charge on any atom is 0.254 e. The van der Waals surface area contributed by atoms with Crippen LogP contribution in [0.3, 0.4) is 0 Å². The Morgan fingerprint density at radius 1 is 1.29 bits per heavy atom. The van der Waals surface area contributed by atoms with Crippen LogP contribution in [0.5, 0.6) is 0 Å². The Hall–Kier alpha value is -2.56. The van der Waals surface area contributed by atoms with Crippen LogP contribution in [-0.4, -0.2) is 22.3 Å². The number of rotatable bonds is 5. The number of amides is 1. The molecule has 0 saturated carbocycles. The van der Waals surface area contributed by atoms with Gasteiger partial charge in [-0.15, -0.1) is 0 Å². The number of carbonyl (C=O) groups is 1. The molecule has 0 unspecified atom stereocenters. The van der Waals surface area contributed by atoms with E-state index in [1.165, 1.54) is 12.3 Å². The molecule has 0 bridgehead atoms. The van der Waals surface area contributed by atoms with Crippen LogP contribution in [0.2, 0.25) is 0 Å². The molecule has 1 aromatic carbocycles. The lowest BCUT2D eigenvalue weighted by atomic mass is 10.1. The first-order valence-electron chi connectivity index (χ1n) is 6.93. The zero-order valence-electron chi connectivity index (χ0n) is 12.0. The zero-order valence-corrected chi connectivity index (χ0v) is 12.0. The van der Waals surface area contributed by atoms with Gasteiger partial charge in [0.05, 0.1) is 0 Å². The molecule has 5 heteroatoms.